The van der Waals surface area contributed by atoms with Crippen molar-refractivity contribution >= 4 is 46.3 Å². The SMILES string of the molecule is C=C/C=c1/sc(CN=C2NC(=O)/C(=C\C3=C\CC/C=C(/OC)CC=C3)S2)n/c1=C/C. The zero-order valence-electron chi connectivity index (χ0n) is 17.2. The summed E-state index contributed by atoms with van der Waals surface area (Å²) in [5.41, 5.74) is 1.02. The van der Waals surface area contributed by atoms with Crippen molar-refractivity contribution in [2.24, 2.45) is 4.99 Å². The molecule has 1 aliphatic carbocycles. The van der Waals surface area contributed by atoms with Gasteiger partial charge in [-0.05, 0) is 55.3 Å². The second-order valence-electron chi connectivity index (χ2n) is 6.50. The van der Waals surface area contributed by atoms with E-state index in [4.69, 9.17) is 4.74 Å². The third kappa shape index (κ3) is 5.93. The first-order valence-corrected chi connectivity index (χ1v) is 11.4. The fraction of sp³-hybridized carbons (Fsp3) is 0.261. The number of carbonyl (C=O) groups excluding carboxylic acids is 1. The van der Waals surface area contributed by atoms with Crippen LogP contribution >= 0.6 is 23.1 Å². The van der Waals surface area contributed by atoms with E-state index in [9.17, 15) is 4.79 Å². The highest BCUT2D eigenvalue weighted by molar-refractivity contribution is 8.18. The van der Waals surface area contributed by atoms with Gasteiger partial charge in [-0.15, -0.1) is 11.3 Å². The second kappa shape index (κ2) is 10.9. The topological polar surface area (TPSA) is 63.6 Å². The van der Waals surface area contributed by atoms with Gasteiger partial charge in [0.15, 0.2) is 5.17 Å². The van der Waals surface area contributed by atoms with Crippen LogP contribution in [0.5, 0.6) is 0 Å². The van der Waals surface area contributed by atoms with Crippen molar-refractivity contribution in [3.05, 3.63) is 74.2 Å². The molecular weight excluding hydrogens is 414 g/mol. The van der Waals surface area contributed by atoms with Crippen molar-refractivity contribution < 1.29 is 9.53 Å². The molecule has 0 unspecified atom stereocenters. The smallest absolute Gasteiger partial charge is 0.264 e. The molecule has 0 spiro atoms. The van der Waals surface area contributed by atoms with Crippen molar-refractivity contribution in [2.45, 2.75) is 32.7 Å². The second-order valence-corrected chi connectivity index (χ2v) is 8.64. The Hall–Kier alpha value is -2.64. The molecule has 0 bridgehead atoms. The standard InChI is InChI=1S/C23H25N3O2S2/c1-4-9-19-18(5-2)25-21(29-19)15-24-23-26-22(27)20(30-23)14-16-10-6-7-12-17(28-3)13-8-11-16/h4-5,8-12,14H,1,6-7,13,15H2,2-3H3,(H,24,26,27)/b11-8?,16-10+,17-12+,18-5+,19-9+,20-14+. The largest absolute Gasteiger partial charge is 0.501 e. The van der Waals surface area contributed by atoms with Gasteiger partial charge in [-0.2, -0.15) is 0 Å². The Morgan fingerprint density at radius 3 is 2.97 bits per heavy atom. The fourth-order valence-electron chi connectivity index (χ4n) is 2.92. The van der Waals surface area contributed by atoms with Crippen molar-refractivity contribution in [1.29, 1.82) is 0 Å². The number of hydrogen-bond acceptors (Lipinski definition) is 6. The summed E-state index contributed by atoms with van der Waals surface area (Å²) in [7, 11) is 1.69. The molecule has 30 heavy (non-hydrogen) atoms. The summed E-state index contributed by atoms with van der Waals surface area (Å²) in [4.78, 5) is 22.2. The molecule has 1 N–H and O–H groups in total. The molecule has 2 heterocycles. The third-order valence-corrected chi connectivity index (χ3v) is 6.35. The van der Waals surface area contributed by atoms with Crippen molar-refractivity contribution in [2.75, 3.05) is 7.11 Å². The molecule has 0 radical (unpaired) electrons. The van der Waals surface area contributed by atoms with E-state index in [0.29, 0.717) is 16.6 Å². The first kappa shape index (κ1) is 22.1. The maximum Gasteiger partial charge on any atom is 0.264 e. The van der Waals surface area contributed by atoms with Gasteiger partial charge in [-0.3, -0.25) is 9.79 Å². The molecule has 1 aliphatic heterocycles. The first-order valence-electron chi connectivity index (χ1n) is 9.72. The summed E-state index contributed by atoms with van der Waals surface area (Å²) in [6, 6.07) is 0. The number of carbonyl (C=O) groups is 1. The van der Waals surface area contributed by atoms with Crippen molar-refractivity contribution in [3.63, 3.8) is 0 Å². The van der Waals surface area contributed by atoms with E-state index in [-0.39, 0.29) is 5.91 Å². The number of aliphatic imine (C=N–C) groups is 1. The number of allylic oxidation sites excluding steroid dienone is 7. The van der Waals surface area contributed by atoms with Gasteiger partial charge in [0.2, 0.25) is 0 Å². The number of nitrogens with zero attached hydrogens (tertiary/aromatic N) is 2. The molecule has 3 rings (SSSR count). The first-order chi connectivity index (χ1) is 14.6. The fourth-order valence-corrected chi connectivity index (χ4v) is 4.69. The van der Waals surface area contributed by atoms with E-state index in [2.05, 4.69) is 40.1 Å². The number of nitrogens with one attached hydrogen (secondary N) is 1. The van der Waals surface area contributed by atoms with E-state index in [0.717, 1.165) is 45.5 Å². The van der Waals surface area contributed by atoms with Crippen LogP contribution in [0.1, 0.15) is 31.2 Å². The molecule has 156 valence electrons. The van der Waals surface area contributed by atoms with Crippen LogP contribution in [0.2, 0.25) is 0 Å². The average molecular weight is 440 g/mol. The number of amidine groups is 1. The molecule has 0 aromatic carbocycles. The average Bonchev–Trinajstić information content (AvgIpc) is 3.32. The third-order valence-electron chi connectivity index (χ3n) is 4.38. The number of amides is 1. The molecular formula is C23H25N3O2S2. The lowest BCUT2D eigenvalue weighted by molar-refractivity contribution is -0.115. The Labute approximate surface area is 185 Å². The van der Waals surface area contributed by atoms with Crippen LogP contribution in [0.25, 0.3) is 12.2 Å². The molecule has 1 saturated heterocycles. The summed E-state index contributed by atoms with van der Waals surface area (Å²) in [6.07, 6.45) is 18.5. The van der Waals surface area contributed by atoms with Gasteiger partial charge in [0.05, 0.1) is 34.2 Å². The zero-order valence-corrected chi connectivity index (χ0v) is 18.8. The molecule has 7 heteroatoms. The number of aromatic nitrogens is 1. The number of methoxy groups -OCH3 is 1. The Balaban J connectivity index is 1.71. The summed E-state index contributed by atoms with van der Waals surface area (Å²) < 4.78 is 6.42. The van der Waals surface area contributed by atoms with Crippen molar-refractivity contribution in [1.82, 2.24) is 10.3 Å². The maximum atomic E-state index is 12.4. The highest BCUT2D eigenvalue weighted by Gasteiger charge is 2.23. The molecule has 2 aliphatic rings. The predicted molar refractivity (Wildman–Crippen MR) is 127 cm³/mol. The number of ether oxygens (including phenoxy) is 1. The summed E-state index contributed by atoms with van der Waals surface area (Å²) in [6.45, 7) is 6.14. The van der Waals surface area contributed by atoms with Crippen LogP contribution in [0, 0.1) is 0 Å². The van der Waals surface area contributed by atoms with Crippen LogP contribution in [0.15, 0.2) is 64.3 Å². The van der Waals surface area contributed by atoms with Gasteiger partial charge < -0.3 is 10.1 Å². The number of rotatable bonds is 5. The van der Waals surface area contributed by atoms with Gasteiger partial charge in [0.25, 0.3) is 5.91 Å². The summed E-state index contributed by atoms with van der Waals surface area (Å²) in [5, 5.41) is 5.29. The van der Waals surface area contributed by atoms with Crippen molar-refractivity contribution in [3.8, 4) is 0 Å². The maximum absolute atomic E-state index is 12.4. The molecule has 1 aromatic rings. The summed E-state index contributed by atoms with van der Waals surface area (Å²) >= 11 is 2.95. The number of hydrogen-bond donors (Lipinski definition) is 1. The van der Waals surface area contributed by atoms with Crippen LogP contribution in [-0.2, 0) is 16.1 Å². The minimum atomic E-state index is -0.119. The minimum Gasteiger partial charge on any atom is -0.501 e. The van der Waals surface area contributed by atoms with Gasteiger partial charge in [-0.25, -0.2) is 4.98 Å². The Morgan fingerprint density at radius 1 is 1.37 bits per heavy atom. The lowest BCUT2D eigenvalue weighted by Crippen LogP contribution is -2.20. The van der Waals surface area contributed by atoms with Gasteiger partial charge >= 0.3 is 0 Å². The Morgan fingerprint density at radius 2 is 2.20 bits per heavy atom. The molecule has 0 saturated carbocycles. The lowest BCUT2D eigenvalue weighted by atomic mass is 10.1. The normalized spacial score (nSPS) is 24.7. The van der Waals surface area contributed by atoms with E-state index >= 15 is 0 Å². The molecule has 5 nitrogen and oxygen atoms in total. The molecule has 1 fully saturated rings. The summed E-state index contributed by atoms with van der Waals surface area (Å²) in [5.74, 6) is 0.849. The van der Waals surface area contributed by atoms with E-state index < -0.39 is 0 Å². The van der Waals surface area contributed by atoms with Crippen LogP contribution in [0.3, 0.4) is 0 Å². The monoisotopic (exact) mass is 439 g/mol. The van der Waals surface area contributed by atoms with E-state index in [1.165, 1.54) is 11.8 Å². The Kier molecular flexibility index (Phi) is 8.04. The van der Waals surface area contributed by atoms with Crippen LogP contribution in [0.4, 0.5) is 0 Å². The van der Waals surface area contributed by atoms with Crippen LogP contribution < -0.4 is 15.2 Å². The molecule has 1 aromatic heterocycles. The lowest BCUT2D eigenvalue weighted by Gasteiger charge is -2.01. The molecule has 0 atom stereocenters. The number of thiazole rings is 1. The minimum absolute atomic E-state index is 0.119. The highest BCUT2D eigenvalue weighted by atomic mass is 32.2. The van der Waals surface area contributed by atoms with Gasteiger partial charge in [0.1, 0.15) is 5.01 Å². The van der Waals surface area contributed by atoms with Gasteiger partial charge in [-0.1, -0.05) is 37.0 Å². The van der Waals surface area contributed by atoms with E-state index in [1.54, 1.807) is 24.5 Å². The van der Waals surface area contributed by atoms with Crippen LogP contribution in [-0.4, -0.2) is 23.2 Å². The Bertz CT molecular complexity index is 1090. The molecule has 1 amide bonds. The predicted octanol–water partition coefficient (Wildman–Crippen LogP) is 3.71. The quantitative estimate of drug-likeness (QED) is 0.711. The van der Waals surface area contributed by atoms with Gasteiger partial charge in [0, 0.05) is 6.42 Å². The van der Waals surface area contributed by atoms with E-state index in [1.807, 2.05) is 31.2 Å². The zero-order chi connectivity index (χ0) is 21.3. The highest BCUT2D eigenvalue weighted by Crippen LogP contribution is 2.26. The number of thioether (sulfide) groups is 1.